The second kappa shape index (κ2) is 6.45. The third-order valence-corrected chi connectivity index (χ3v) is 3.61. The van der Waals surface area contributed by atoms with E-state index in [4.69, 9.17) is 0 Å². The van der Waals surface area contributed by atoms with Crippen molar-refractivity contribution < 1.29 is 0 Å². The molecule has 0 atom stereocenters. The molecule has 0 saturated heterocycles. The number of nitrogens with one attached hydrogen (secondary N) is 1. The van der Waals surface area contributed by atoms with Crippen LogP contribution in [-0.2, 0) is 0 Å². The lowest BCUT2D eigenvalue weighted by Gasteiger charge is -2.10. The number of pyridine rings is 1. The quantitative estimate of drug-likeness (QED) is 0.629. The number of hydrogen-bond acceptors (Lipinski definition) is 3. The molecule has 1 aromatic heterocycles. The van der Waals surface area contributed by atoms with Crippen molar-refractivity contribution in [1.82, 2.24) is 4.98 Å². The van der Waals surface area contributed by atoms with Gasteiger partial charge < -0.3 is 5.32 Å². The highest BCUT2D eigenvalue weighted by molar-refractivity contribution is 7.99. The highest BCUT2D eigenvalue weighted by Crippen LogP contribution is 2.22. The Bertz CT molecular complexity index is 537. The summed E-state index contributed by atoms with van der Waals surface area (Å²) in [7, 11) is 0. The highest BCUT2D eigenvalue weighted by Gasteiger charge is 2.02. The van der Waals surface area contributed by atoms with Gasteiger partial charge in [-0.25, -0.2) is 0 Å². The first kappa shape index (κ1) is 13.0. The summed E-state index contributed by atoms with van der Waals surface area (Å²) in [6.07, 6.45) is 1.94. The minimum atomic E-state index is 0.964. The van der Waals surface area contributed by atoms with Crippen LogP contribution in [0.15, 0.2) is 43.0 Å². The van der Waals surface area contributed by atoms with Crippen LogP contribution in [0.1, 0.15) is 5.69 Å². The van der Waals surface area contributed by atoms with Crippen molar-refractivity contribution in [3.8, 4) is 0 Å². The number of fused-ring (bicyclic) bond motifs is 1. The number of benzene rings is 1. The molecule has 0 spiro atoms. The maximum absolute atomic E-state index is 4.54. The molecule has 0 aliphatic rings. The maximum atomic E-state index is 4.54. The van der Waals surface area contributed by atoms with Crippen molar-refractivity contribution in [2.24, 2.45) is 0 Å². The molecule has 0 aliphatic carbocycles. The molecule has 2 aromatic rings. The van der Waals surface area contributed by atoms with E-state index in [-0.39, 0.29) is 0 Å². The van der Waals surface area contributed by atoms with Crippen LogP contribution in [0.3, 0.4) is 0 Å². The molecule has 0 bridgehead atoms. The number of thioether (sulfide) groups is 1. The monoisotopic (exact) mass is 258 g/mol. The molecular formula is C15H18N2S. The normalized spacial score (nSPS) is 10.5. The average Bonchev–Trinajstić information content (AvgIpc) is 2.38. The summed E-state index contributed by atoms with van der Waals surface area (Å²) >= 11 is 1.89. The molecule has 1 aromatic carbocycles. The van der Waals surface area contributed by atoms with Gasteiger partial charge in [0.05, 0.1) is 5.52 Å². The van der Waals surface area contributed by atoms with E-state index in [9.17, 15) is 0 Å². The lowest BCUT2D eigenvalue weighted by molar-refractivity contribution is 1.20. The van der Waals surface area contributed by atoms with Gasteiger partial charge in [-0.15, -0.1) is 6.58 Å². The number of para-hydroxylation sites is 1. The standard InChI is InChI=1S/C15H18N2S/c1-3-9-18-10-8-16-15-11-12(2)17-14-7-5-4-6-13(14)15/h3-7,11H,1,8-10H2,2H3,(H,16,17). The minimum Gasteiger partial charge on any atom is -0.384 e. The number of aryl methyl sites for hydroxylation is 1. The van der Waals surface area contributed by atoms with Crippen molar-refractivity contribution in [2.75, 3.05) is 23.4 Å². The van der Waals surface area contributed by atoms with Crippen LogP contribution in [0.2, 0.25) is 0 Å². The Morgan fingerprint density at radius 2 is 2.22 bits per heavy atom. The molecule has 94 valence electrons. The minimum absolute atomic E-state index is 0.964. The fourth-order valence-corrected chi connectivity index (χ4v) is 2.46. The third-order valence-electron chi connectivity index (χ3n) is 2.64. The number of aromatic nitrogens is 1. The van der Waals surface area contributed by atoms with E-state index < -0.39 is 0 Å². The van der Waals surface area contributed by atoms with Crippen LogP contribution >= 0.6 is 11.8 Å². The van der Waals surface area contributed by atoms with Crippen LogP contribution in [0.4, 0.5) is 5.69 Å². The van der Waals surface area contributed by atoms with Crippen LogP contribution in [0.25, 0.3) is 10.9 Å². The second-order valence-corrected chi connectivity index (χ2v) is 5.27. The van der Waals surface area contributed by atoms with Gasteiger partial charge >= 0.3 is 0 Å². The zero-order valence-corrected chi connectivity index (χ0v) is 11.5. The van der Waals surface area contributed by atoms with Gasteiger partial charge in [0.2, 0.25) is 0 Å². The third kappa shape index (κ3) is 3.26. The Labute approximate surface area is 113 Å². The fourth-order valence-electron chi connectivity index (χ4n) is 1.88. The van der Waals surface area contributed by atoms with Crippen molar-refractivity contribution in [2.45, 2.75) is 6.92 Å². The Hall–Kier alpha value is -1.48. The first-order valence-electron chi connectivity index (χ1n) is 6.10. The maximum Gasteiger partial charge on any atom is 0.0725 e. The Morgan fingerprint density at radius 3 is 3.06 bits per heavy atom. The zero-order valence-electron chi connectivity index (χ0n) is 10.6. The van der Waals surface area contributed by atoms with Gasteiger partial charge in [0.15, 0.2) is 0 Å². The molecule has 0 aliphatic heterocycles. The first-order chi connectivity index (χ1) is 8.81. The summed E-state index contributed by atoms with van der Waals surface area (Å²) in [6.45, 7) is 6.72. The summed E-state index contributed by atoms with van der Waals surface area (Å²) in [5.74, 6) is 2.10. The van der Waals surface area contributed by atoms with E-state index in [1.165, 1.54) is 11.1 Å². The van der Waals surface area contributed by atoms with Gasteiger partial charge in [0.25, 0.3) is 0 Å². The van der Waals surface area contributed by atoms with Crippen molar-refractivity contribution >= 4 is 28.4 Å². The molecule has 1 N–H and O–H groups in total. The first-order valence-corrected chi connectivity index (χ1v) is 7.25. The number of nitrogens with zero attached hydrogens (tertiary/aromatic N) is 1. The summed E-state index contributed by atoms with van der Waals surface area (Å²) in [6, 6.07) is 10.4. The van der Waals surface area contributed by atoms with Gasteiger partial charge in [-0.05, 0) is 19.1 Å². The van der Waals surface area contributed by atoms with Crippen LogP contribution in [-0.4, -0.2) is 23.0 Å². The zero-order chi connectivity index (χ0) is 12.8. The molecule has 1 heterocycles. The van der Waals surface area contributed by atoms with E-state index in [0.29, 0.717) is 0 Å². The highest BCUT2D eigenvalue weighted by atomic mass is 32.2. The van der Waals surface area contributed by atoms with Gasteiger partial charge in [-0.3, -0.25) is 4.98 Å². The molecule has 0 fully saturated rings. The van der Waals surface area contributed by atoms with Crippen molar-refractivity contribution in [1.29, 1.82) is 0 Å². The number of anilines is 1. The van der Waals surface area contributed by atoms with Gasteiger partial charge in [-0.2, -0.15) is 11.8 Å². The molecule has 2 nitrogen and oxygen atoms in total. The van der Waals surface area contributed by atoms with E-state index in [0.717, 1.165) is 29.3 Å². The van der Waals surface area contributed by atoms with Crippen molar-refractivity contribution in [3.05, 3.63) is 48.7 Å². The lowest BCUT2D eigenvalue weighted by atomic mass is 10.1. The lowest BCUT2D eigenvalue weighted by Crippen LogP contribution is -2.05. The summed E-state index contributed by atoms with van der Waals surface area (Å²) in [4.78, 5) is 4.54. The Morgan fingerprint density at radius 1 is 1.39 bits per heavy atom. The van der Waals surface area contributed by atoms with Gasteiger partial charge in [0.1, 0.15) is 0 Å². The summed E-state index contributed by atoms with van der Waals surface area (Å²) < 4.78 is 0. The van der Waals surface area contributed by atoms with Crippen molar-refractivity contribution in [3.63, 3.8) is 0 Å². The molecule has 3 heteroatoms. The van der Waals surface area contributed by atoms with E-state index >= 15 is 0 Å². The molecule has 0 radical (unpaired) electrons. The Balaban J connectivity index is 2.09. The number of rotatable bonds is 6. The van der Waals surface area contributed by atoms with Gasteiger partial charge in [-0.1, -0.05) is 24.3 Å². The van der Waals surface area contributed by atoms with E-state index in [2.05, 4.69) is 41.1 Å². The fraction of sp³-hybridized carbons (Fsp3) is 0.267. The molecule has 0 unspecified atom stereocenters. The molecule has 0 saturated carbocycles. The smallest absolute Gasteiger partial charge is 0.0725 e. The SMILES string of the molecule is C=CCSCCNc1cc(C)nc2ccccc12. The molecule has 0 amide bonds. The van der Waals surface area contributed by atoms with Gasteiger partial charge in [0, 0.05) is 34.8 Å². The molecular weight excluding hydrogens is 240 g/mol. The average molecular weight is 258 g/mol. The second-order valence-electron chi connectivity index (χ2n) is 4.12. The molecule has 2 rings (SSSR count). The predicted molar refractivity (Wildman–Crippen MR) is 82.5 cm³/mol. The number of hydrogen-bond donors (Lipinski definition) is 1. The van der Waals surface area contributed by atoms with Crippen LogP contribution < -0.4 is 5.32 Å². The Kier molecular flexibility index (Phi) is 4.65. The van der Waals surface area contributed by atoms with E-state index in [1.807, 2.05) is 30.8 Å². The van der Waals surface area contributed by atoms with E-state index in [1.54, 1.807) is 0 Å². The molecule has 18 heavy (non-hydrogen) atoms. The summed E-state index contributed by atoms with van der Waals surface area (Å²) in [5.41, 5.74) is 3.28. The predicted octanol–water partition coefficient (Wildman–Crippen LogP) is 3.87. The topological polar surface area (TPSA) is 24.9 Å². The summed E-state index contributed by atoms with van der Waals surface area (Å²) in [5, 5.41) is 4.68. The van der Waals surface area contributed by atoms with Crippen LogP contribution in [0, 0.1) is 6.92 Å². The largest absolute Gasteiger partial charge is 0.384 e. The van der Waals surface area contributed by atoms with Crippen LogP contribution in [0.5, 0.6) is 0 Å².